The molecular weight excluding hydrogens is 783 g/mol. The van der Waals surface area contributed by atoms with Gasteiger partial charge in [-0.2, -0.15) is 0 Å². The number of methoxy groups -OCH3 is 1. The molecule has 4 unspecified atom stereocenters. The summed E-state index contributed by atoms with van der Waals surface area (Å²) >= 11 is 0. The lowest BCUT2D eigenvalue weighted by Crippen LogP contribution is -2.57. The predicted octanol–water partition coefficient (Wildman–Crippen LogP) is 6.02. The second-order valence-corrected chi connectivity index (χ2v) is 20.1. The van der Waals surface area contributed by atoms with E-state index in [4.69, 9.17) is 14.5 Å². The van der Waals surface area contributed by atoms with E-state index in [1.165, 1.54) is 11.0 Å². The molecule has 13 nitrogen and oxygen atoms in total. The summed E-state index contributed by atoms with van der Waals surface area (Å²) in [7, 11) is -2.32. The molecule has 1 aromatic heterocycles. The Kier molecular flexibility index (Phi) is 12.3. The van der Waals surface area contributed by atoms with Crippen LogP contribution >= 0.6 is 0 Å². The van der Waals surface area contributed by atoms with Crippen molar-refractivity contribution in [1.29, 1.82) is 0 Å². The Bertz CT molecular complexity index is 2230. The number of fused-ring (bicyclic) bond motifs is 1. The van der Waals surface area contributed by atoms with Crippen LogP contribution in [0.5, 0.6) is 11.5 Å². The van der Waals surface area contributed by atoms with Crippen LogP contribution in [0.3, 0.4) is 0 Å². The van der Waals surface area contributed by atoms with E-state index in [-0.39, 0.29) is 37.6 Å². The third kappa shape index (κ3) is 9.18. The summed E-state index contributed by atoms with van der Waals surface area (Å²) in [5.74, 6) is -1.43. The number of hydrogen-bond donors (Lipinski definition) is 2. The average molecular weight is 842 g/mol. The van der Waals surface area contributed by atoms with Gasteiger partial charge in [0.15, 0.2) is 0 Å². The van der Waals surface area contributed by atoms with Crippen LogP contribution in [0.1, 0.15) is 85.5 Å². The molecule has 4 aliphatic rings. The van der Waals surface area contributed by atoms with Crippen molar-refractivity contribution in [3.05, 3.63) is 67.3 Å². The number of nitrogens with one attached hydrogen (secondary N) is 2. The molecule has 322 valence electrons. The van der Waals surface area contributed by atoms with Crippen LogP contribution in [0.4, 0.5) is 0 Å². The molecule has 3 heterocycles. The molecule has 2 aliphatic carbocycles. The quantitative estimate of drug-likeness (QED) is 0.174. The van der Waals surface area contributed by atoms with Gasteiger partial charge in [-0.25, -0.2) is 13.4 Å². The van der Waals surface area contributed by atoms with Gasteiger partial charge in [0, 0.05) is 54.9 Å². The molecule has 0 spiro atoms. The maximum Gasteiger partial charge on any atom is 0.259 e. The Hall–Kier alpha value is -4.98. The van der Waals surface area contributed by atoms with Crippen LogP contribution in [0, 0.1) is 23.2 Å². The second-order valence-electron chi connectivity index (χ2n) is 18.2. The van der Waals surface area contributed by atoms with Crippen LogP contribution in [-0.4, -0.2) is 96.5 Å². The monoisotopic (exact) mass is 841 g/mol. The van der Waals surface area contributed by atoms with Crippen LogP contribution in [-0.2, 0) is 29.2 Å². The molecule has 3 aromatic rings. The fourth-order valence-corrected chi connectivity index (χ4v) is 10.2. The van der Waals surface area contributed by atoms with Gasteiger partial charge in [-0.1, -0.05) is 76.9 Å². The first kappa shape index (κ1) is 43.1. The number of pyridine rings is 1. The van der Waals surface area contributed by atoms with Crippen LogP contribution in [0.15, 0.2) is 67.3 Å². The zero-order valence-corrected chi connectivity index (χ0v) is 36.3. The minimum atomic E-state index is -3.90. The summed E-state index contributed by atoms with van der Waals surface area (Å²) in [5, 5.41) is 2.96. The standard InChI is InChI=1S/C46H59N5O8S/c1-7-12-29-19-21-50(22-20-29)41(52)25-36(45(3,4)5)43(54)51-28-33(24-39(51)42(53)48-46(27-31(46)8-2)44(55)49-60(56,57)34-16-17-34)59-40-26-37(30-13-10-9-11-14-30)47-38-23-32(58-6)15-18-35(38)40/h8-11,13-15,18,23,26,29,31,33-34,36,39H,2,7,12,16-17,19-22,24-25,27-28H2,1,3-6H3,(H,48,53)(H,49,55)/t31?,33?,36?,39-,46?/m0/s1. The Morgan fingerprint density at radius 2 is 1.75 bits per heavy atom. The fourth-order valence-electron chi connectivity index (χ4n) is 8.88. The van der Waals surface area contributed by atoms with E-state index < -0.39 is 62.0 Å². The molecule has 60 heavy (non-hydrogen) atoms. The lowest BCUT2D eigenvalue weighted by molar-refractivity contribution is -0.149. The van der Waals surface area contributed by atoms with Gasteiger partial charge in [0.1, 0.15) is 29.2 Å². The van der Waals surface area contributed by atoms with E-state index in [0.717, 1.165) is 31.2 Å². The van der Waals surface area contributed by atoms with Gasteiger partial charge in [-0.15, -0.1) is 6.58 Å². The number of likely N-dealkylation sites (tertiary alicyclic amines) is 2. The van der Waals surface area contributed by atoms with E-state index in [2.05, 4.69) is 23.5 Å². The first-order chi connectivity index (χ1) is 28.6. The van der Waals surface area contributed by atoms with Gasteiger partial charge in [0.2, 0.25) is 27.7 Å². The molecule has 2 aliphatic heterocycles. The Morgan fingerprint density at radius 3 is 2.37 bits per heavy atom. The van der Waals surface area contributed by atoms with Crippen molar-refractivity contribution in [3.63, 3.8) is 0 Å². The number of ether oxygens (including phenoxy) is 2. The summed E-state index contributed by atoms with van der Waals surface area (Å²) in [5.41, 5.74) is -0.0265. The van der Waals surface area contributed by atoms with Gasteiger partial charge in [0.25, 0.3) is 5.91 Å². The smallest absolute Gasteiger partial charge is 0.259 e. The van der Waals surface area contributed by atoms with Crippen molar-refractivity contribution in [2.24, 2.45) is 23.2 Å². The molecule has 0 radical (unpaired) electrons. The van der Waals surface area contributed by atoms with Crippen LogP contribution < -0.4 is 19.5 Å². The molecule has 0 bridgehead atoms. The van der Waals surface area contributed by atoms with E-state index in [0.29, 0.717) is 59.9 Å². The van der Waals surface area contributed by atoms with Crippen molar-refractivity contribution in [2.45, 2.75) is 108 Å². The Labute approximate surface area is 353 Å². The number of hydrogen-bond acceptors (Lipinski definition) is 9. The maximum absolute atomic E-state index is 15.0. The van der Waals surface area contributed by atoms with E-state index in [1.54, 1.807) is 7.11 Å². The third-order valence-corrected chi connectivity index (χ3v) is 14.6. The molecule has 2 aromatic carbocycles. The van der Waals surface area contributed by atoms with Gasteiger partial charge in [-0.05, 0) is 55.6 Å². The number of carbonyl (C=O) groups is 4. The fraction of sp³-hybridized carbons (Fsp3) is 0.543. The summed E-state index contributed by atoms with van der Waals surface area (Å²) in [6.07, 6.45) is 6.13. The molecule has 2 saturated carbocycles. The molecule has 7 rings (SSSR count). The van der Waals surface area contributed by atoms with Crippen molar-refractivity contribution >= 4 is 44.6 Å². The van der Waals surface area contributed by atoms with E-state index in [1.807, 2.05) is 80.3 Å². The van der Waals surface area contributed by atoms with Gasteiger partial charge >= 0.3 is 0 Å². The molecule has 5 atom stereocenters. The minimum absolute atomic E-state index is 0.0156. The zero-order chi connectivity index (χ0) is 43.0. The highest BCUT2D eigenvalue weighted by molar-refractivity contribution is 7.91. The first-order valence-corrected chi connectivity index (χ1v) is 22.9. The average Bonchev–Trinajstić information content (AvgIpc) is 4.16. The van der Waals surface area contributed by atoms with Crippen molar-refractivity contribution in [3.8, 4) is 22.8 Å². The highest BCUT2D eigenvalue weighted by Crippen LogP contribution is 2.46. The largest absolute Gasteiger partial charge is 0.497 e. The minimum Gasteiger partial charge on any atom is -0.497 e. The summed E-state index contributed by atoms with van der Waals surface area (Å²) < 4.78 is 40.2. The summed E-state index contributed by atoms with van der Waals surface area (Å²) in [6.45, 7) is 13.1. The summed E-state index contributed by atoms with van der Waals surface area (Å²) in [4.78, 5) is 65.5. The number of benzene rings is 2. The SMILES string of the molecule is C=CC1CC1(NC(=O)[C@@H]1CC(Oc2cc(-c3ccccc3)nc3cc(OC)ccc23)CN1C(=O)C(CC(=O)N1CCC(CCC)CC1)C(C)(C)C)C(=O)NS(=O)(=O)C1CC1. The van der Waals surface area contributed by atoms with E-state index in [9.17, 15) is 22.8 Å². The number of nitrogens with zero attached hydrogens (tertiary/aromatic N) is 3. The number of piperidine rings is 1. The Morgan fingerprint density at radius 1 is 1.03 bits per heavy atom. The van der Waals surface area contributed by atoms with Crippen molar-refractivity contribution < 1.29 is 37.1 Å². The van der Waals surface area contributed by atoms with Crippen LogP contribution in [0.25, 0.3) is 22.2 Å². The number of carbonyl (C=O) groups excluding carboxylic acids is 4. The first-order valence-electron chi connectivity index (χ1n) is 21.4. The molecular formula is C46H59N5O8S. The van der Waals surface area contributed by atoms with Gasteiger partial charge in [-0.3, -0.25) is 23.9 Å². The van der Waals surface area contributed by atoms with Crippen molar-refractivity contribution in [1.82, 2.24) is 24.8 Å². The lowest BCUT2D eigenvalue weighted by Gasteiger charge is -2.37. The third-order valence-electron chi connectivity index (χ3n) is 12.8. The van der Waals surface area contributed by atoms with Gasteiger partial charge < -0.3 is 24.6 Å². The Balaban J connectivity index is 1.19. The van der Waals surface area contributed by atoms with Gasteiger partial charge in [0.05, 0.1) is 36.0 Å². The molecule has 14 heteroatoms. The number of rotatable bonds is 15. The molecule has 4 amide bonds. The van der Waals surface area contributed by atoms with Crippen LogP contribution in [0.2, 0.25) is 0 Å². The normalized spacial score (nSPS) is 23.8. The highest BCUT2D eigenvalue weighted by atomic mass is 32.2. The molecule has 2 saturated heterocycles. The van der Waals surface area contributed by atoms with E-state index >= 15 is 4.79 Å². The number of aromatic nitrogens is 1. The lowest BCUT2D eigenvalue weighted by atomic mass is 9.77. The molecule has 4 fully saturated rings. The van der Waals surface area contributed by atoms with Crippen molar-refractivity contribution in [2.75, 3.05) is 26.7 Å². The number of sulfonamides is 1. The maximum atomic E-state index is 15.0. The number of amides is 4. The topological polar surface area (TPSA) is 164 Å². The summed E-state index contributed by atoms with van der Waals surface area (Å²) in [6, 6.07) is 15.9. The second kappa shape index (κ2) is 17.2. The molecule has 2 N–H and O–H groups in total. The predicted molar refractivity (Wildman–Crippen MR) is 229 cm³/mol. The zero-order valence-electron chi connectivity index (χ0n) is 35.4. The highest BCUT2D eigenvalue weighted by Gasteiger charge is 2.62.